The normalized spacial score (nSPS) is 21.3. The number of alkyl halides is 3. The molecule has 4 nitrogen and oxygen atoms in total. The van der Waals surface area contributed by atoms with Gasteiger partial charge in [-0.2, -0.15) is 13.2 Å². The van der Waals surface area contributed by atoms with E-state index in [2.05, 4.69) is 5.32 Å². The average Bonchev–Trinajstić information content (AvgIpc) is 2.75. The molecule has 2 aliphatic rings. The number of carbonyl (C=O) groups excluding carboxylic acids is 1. The Hall–Kier alpha value is -2.41. The summed E-state index contributed by atoms with van der Waals surface area (Å²) in [4.78, 5) is 13.6. The zero-order valence-electron chi connectivity index (χ0n) is 14.1. The Bertz CT molecular complexity index is 887. The number of halogens is 4. The van der Waals surface area contributed by atoms with E-state index in [1.807, 2.05) is 11.0 Å². The first-order chi connectivity index (χ1) is 12.8. The van der Waals surface area contributed by atoms with Crippen LogP contribution >= 0.6 is 11.6 Å². The number of rotatable bonds is 1. The Morgan fingerprint density at radius 2 is 1.96 bits per heavy atom. The summed E-state index contributed by atoms with van der Waals surface area (Å²) in [6.07, 6.45) is -3.84. The highest BCUT2D eigenvalue weighted by Crippen LogP contribution is 2.48. The van der Waals surface area contributed by atoms with E-state index in [0.717, 1.165) is 11.3 Å². The van der Waals surface area contributed by atoms with Crippen molar-refractivity contribution in [3.05, 3.63) is 53.1 Å². The monoisotopic (exact) mass is 396 g/mol. The van der Waals surface area contributed by atoms with Gasteiger partial charge in [0.2, 0.25) is 0 Å². The lowest BCUT2D eigenvalue weighted by Gasteiger charge is -2.42. The molecule has 8 heteroatoms. The summed E-state index contributed by atoms with van der Waals surface area (Å²) in [5, 5.41) is 2.69. The quantitative estimate of drug-likeness (QED) is 0.750. The molecule has 4 rings (SSSR count). The fourth-order valence-electron chi connectivity index (χ4n) is 3.80. The number of nitrogens with one attached hydrogen (secondary N) is 1. The van der Waals surface area contributed by atoms with Crippen LogP contribution in [0.15, 0.2) is 42.5 Å². The van der Waals surface area contributed by atoms with E-state index in [1.165, 1.54) is 0 Å². The molecule has 0 aromatic heterocycles. The van der Waals surface area contributed by atoms with Crippen LogP contribution in [0.3, 0.4) is 0 Å². The summed E-state index contributed by atoms with van der Waals surface area (Å²) in [5.74, 6) is -0.838. The molecular weight excluding hydrogens is 381 g/mol. The molecule has 2 aromatic carbocycles. The van der Waals surface area contributed by atoms with Crippen molar-refractivity contribution in [3.63, 3.8) is 0 Å². The molecular formula is C19H16ClF3N2O2. The molecule has 2 heterocycles. The lowest BCUT2D eigenvalue weighted by molar-refractivity contribution is -0.174. The number of amides is 1. The molecule has 1 fully saturated rings. The third-order valence-corrected chi connectivity index (χ3v) is 5.13. The molecule has 27 heavy (non-hydrogen) atoms. The number of piperidine rings is 1. The van der Waals surface area contributed by atoms with Gasteiger partial charge in [-0.15, -0.1) is 0 Å². The van der Waals surface area contributed by atoms with Gasteiger partial charge in [-0.3, -0.25) is 4.79 Å². The van der Waals surface area contributed by atoms with Gasteiger partial charge >= 0.3 is 12.1 Å². The number of hydrogen-bond acceptors (Lipinski definition) is 3. The van der Waals surface area contributed by atoms with Crippen molar-refractivity contribution < 1.29 is 22.7 Å². The number of anilines is 1. The lowest BCUT2D eigenvalue weighted by Crippen LogP contribution is -2.52. The molecule has 0 radical (unpaired) electrons. The summed E-state index contributed by atoms with van der Waals surface area (Å²) in [6, 6.07) is 11.2. The second-order valence-electron chi connectivity index (χ2n) is 6.61. The smallest absolute Gasteiger partial charge is 0.455 e. The van der Waals surface area contributed by atoms with Crippen LogP contribution in [0, 0.1) is 0 Å². The molecule has 142 valence electrons. The predicted octanol–water partition coefficient (Wildman–Crippen LogP) is 4.83. The average molecular weight is 397 g/mol. The van der Waals surface area contributed by atoms with Crippen molar-refractivity contribution in [2.24, 2.45) is 0 Å². The molecule has 2 atom stereocenters. The van der Waals surface area contributed by atoms with Crippen LogP contribution in [0.5, 0.6) is 11.5 Å². The number of para-hydroxylation sites is 1. The summed E-state index contributed by atoms with van der Waals surface area (Å²) < 4.78 is 44.5. The first-order valence-electron chi connectivity index (χ1n) is 8.55. The molecule has 0 spiro atoms. The molecule has 1 amide bonds. The highest BCUT2D eigenvalue weighted by Gasteiger charge is 2.44. The number of nitrogens with zero attached hydrogens (tertiary/aromatic N) is 1. The Morgan fingerprint density at radius 3 is 2.74 bits per heavy atom. The fraction of sp³-hybridized carbons (Fsp3) is 0.316. The minimum Gasteiger partial charge on any atom is -0.455 e. The van der Waals surface area contributed by atoms with Crippen LogP contribution in [0.1, 0.15) is 24.4 Å². The number of benzene rings is 2. The molecule has 2 aliphatic heterocycles. The third-order valence-electron chi connectivity index (χ3n) is 4.89. The number of fused-ring (bicyclic) bond motifs is 5. The molecule has 0 aliphatic carbocycles. The van der Waals surface area contributed by atoms with E-state index in [9.17, 15) is 18.0 Å². The number of hydrogen-bond donors (Lipinski definition) is 1. The van der Waals surface area contributed by atoms with Crippen molar-refractivity contribution >= 4 is 23.2 Å². The highest BCUT2D eigenvalue weighted by molar-refractivity contribution is 6.30. The van der Waals surface area contributed by atoms with Crippen LogP contribution in [0.4, 0.5) is 18.9 Å². The van der Waals surface area contributed by atoms with Gasteiger partial charge in [0, 0.05) is 23.2 Å². The van der Waals surface area contributed by atoms with Gasteiger partial charge in [0.15, 0.2) is 5.75 Å². The second kappa shape index (κ2) is 6.64. The first-order valence-corrected chi connectivity index (χ1v) is 8.93. The number of ether oxygens (including phenoxy) is 1. The van der Waals surface area contributed by atoms with E-state index in [0.29, 0.717) is 35.9 Å². The zero-order valence-corrected chi connectivity index (χ0v) is 14.8. The minimum absolute atomic E-state index is 0.445. The first kappa shape index (κ1) is 18.0. The summed E-state index contributed by atoms with van der Waals surface area (Å²) >= 11 is 6.10. The fourth-order valence-corrected chi connectivity index (χ4v) is 3.96. The van der Waals surface area contributed by atoms with E-state index >= 15 is 0 Å². The SMILES string of the molecule is O=C(N[C@H]1CCCN2c3ccc(Cl)cc3Oc3ccccc3[C@@H]12)C(F)(F)F. The zero-order chi connectivity index (χ0) is 19.2. The summed E-state index contributed by atoms with van der Waals surface area (Å²) in [7, 11) is 0. The van der Waals surface area contributed by atoms with Crippen molar-refractivity contribution in [1.29, 1.82) is 0 Å². The highest BCUT2D eigenvalue weighted by atomic mass is 35.5. The second-order valence-corrected chi connectivity index (χ2v) is 7.05. The van der Waals surface area contributed by atoms with Gasteiger partial charge in [-0.1, -0.05) is 29.8 Å². The van der Waals surface area contributed by atoms with Gasteiger partial charge in [0.1, 0.15) is 5.75 Å². The standard InChI is InChI=1S/C19H16ClF3N2O2/c20-11-7-8-14-16(10-11)27-15-6-2-1-4-12(15)17-13(5-3-9-25(14)17)24-18(26)19(21,22)23/h1-2,4,6-8,10,13,17H,3,5,9H2,(H,24,26)/t13-,17-/m0/s1. The molecule has 0 unspecified atom stereocenters. The maximum absolute atomic E-state index is 12.8. The molecule has 1 N–H and O–H groups in total. The van der Waals surface area contributed by atoms with Crippen LogP contribution in [0.25, 0.3) is 0 Å². The lowest BCUT2D eigenvalue weighted by atomic mass is 9.89. The van der Waals surface area contributed by atoms with E-state index in [-0.39, 0.29) is 0 Å². The van der Waals surface area contributed by atoms with Crippen LogP contribution in [-0.4, -0.2) is 24.7 Å². The van der Waals surface area contributed by atoms with Gasteiger partial charge in [-0.25, -0.2) is 0 Å². The summed E-state index contributed by atoms with van der Waals surface area (Å²) in [5.41, 5.74) is 1.48. The van der Waals surface area contributed by atoms with Crippen molar-refractivity contribution in [2.45, 2.75) is 31.1 Å². The molecule has 1 saturated heterocycles. The van der Waals surface area contributed by atoms with Gasteiger partial charge in [-0.05, 0) is 31.0 Å². The van der Waals surface area contributed by atoms with E-state index in [4.69, 9.17) is 16.3 Å². The number of carbonyl (C=O) groups is 1. The van der Waals surface area contributed by atoms with Gasteiger partial charge in [0.25, 0.3) is 0 Å². The van der Waals surface area contributed by atoms with Crippen molar-refractivity contribution in [3.8, 4) is 11.5 Å². The predicted molar refractivity (Wildman–Crippen MR) is 95.3 cm³/mol. The van der Waals surface area contributed by atoms with E-state index < -0.39 is 24.2 Å². The maximum atomic E-state index is 12.8. The Morgan fingerprint density at radius 1 is 1.19 bits per heavy atom. The Balaban J connectivity index is 1.80. The Kier molecular flexibility index (Phi) is 4.42. The van der Waals surface area contributed by atoms with Crippen molar-refractivity contribution in [2.75, 3.05) is 11.4 Å². The molecule has 2 aromatic rings. The third kappa shape index (κ3) is 3.32. The van der Waals surface area contributed by atoms with Gasteiger partial charge in [0.05, 0.1) is 17.8 Å². The van der Waals surface area contributed by atoms with Crippen LogP contribution in [0.2, 0.25) is 5.02 Å². The largest absolute Gasteiger partial charge is 0.471 e. The molecule has 0 saturated carbocycles. The molecule has 0 bridgehead atoms. The topological polar surface area (TPSA) is 41.6 Å². The summed E-state index contributed by atoms with van der Waals surface area (Å²) in [6.45, 7) is 0.634. The maximum Gasteiger partial charge on any atom is 0.471 e. The van der Waals surface area contributed by atoms with Gasteiger partial charge < -0.3 is 15.0 Å². The minimum atomic E-state index is -4.92. The Labute approximate surface area is 158 Å². The van der Waals surface area contributed by atoms with Crippen molar-refractivity contribution in [1.82, 2.24) is 5.32 Å². The van der Waals surface area contributed by atoms with Crippen LogP contribution in [-0.2, 0) is 4.79 Å². The van der Waals surface area contributed by atoms with E-state index in [1.54, 1.807) is 36.4 Å². The van der Waals surface area contributed by atoms with Crippen LogP contribution < -0.4 is 15.0 Å².